The maximum Gasteiger partial charge on any atom is 0.254 e. The Morgan fingerprint density at radius 3 is 2.72 bits per heavy atom. The fourth-order valence-corrected chi connectivity index (χ4v) is 3.97. The van der Waals surface area contributed by atoms with Crippen molar-refractivity contribution >= 4 is 11.6 Å². The van der Waals surface area contributed by atoms with Gasteiger partial charge >= 0.3 is 0 Å². The van der Waals surface area contributed by atoms with Gasteiger partial charge in [-0.25, -0.2) is 0 Å². The molecule has 2 aliphatic heterocycles. The molecule has 0 aromatic heterocycles. The summed E-state index contributed by atoms with van der Waals surface area (Å²) in [5, 5.41) is 13.4. The number of hydrogen-bond acceptors (Lipinski definition) is 4. The smallest absolute Gasteiger partial charge is 0.254 e. The van der Waals surface area contributed by atoms with E-state index in [1.807, 2.05) is 24.3 Å². The number of nitrogens with zero attached hydrogens (tertiary/aromatic N) is 2. The Bertz CT molecular complexity index is 584. The van der Waals surface area contributed by atoms with E-state index in [9.17, 15) is 9.90 Å². The minimum Gasteiger partial charge on any atom is -0.391 e. The molecule has 0 radical (unpaired) electrons. The monoisotopic (exact) mass is 345 g/mol. The lowest BCUT2D eigenvalue weighted by Crippen LogP contribution is -2.42. The van der Waals surface area contributed by atoms with E-state index in [0.29, 0.717) is 24.1 Å². The molecule has 2 aliphatic rings. The minimum atomic E-state index is -0.386. The highest BCUT2D eigenvalue weighted by molar-refractivity contribution is 5.95. The molecule has 3 rings (SSSR count). The van der Waals surface area contributed by atoms with Gasteiger partial charge in [-0.15, -0.1) is 0 Å². The highest BCUT2D eigenvalue weighted by Gasteiger charge is 2.24. The third-order valence-corrected chi connectivity index (χ3v) is 5.66. The summed E-state index contributed by atoms with van der Waals surface area (Å²) in [5.74, 6) is 0.696. The Kier molecular flexibility index (Phi) is 5.97. The molecule has 2 N–H and O–H groups in total. The molecule has 1 aromatic carbocycles. The number of carbonyl (C=O) groups is 1. The number of benzene rings is 1. The average Bonchev–Trinajstić information content (AvgIpc) is 2.62. The first-order valence-electron chi connectivity index (χ1n) is 9.55. The predicted molar refractivity (Wildman–Crippen MR) is 101 cm³/mol. The summed E-state index contributed by atoms with van der Waals surface area (Å²) in [5.41, 5.74) is 1.71. The van der Waals surface area contributed by atoms with Crippen LogP contribution in [0.25, 0.3) is 0 Å². The molecule has 0 saturated carbocycles. The van der Waals surface area contributed by atoms with Crippen molar-refractivity contribution in [3.8, 4) is 0 Å². The number of hydrogen-bond donors (Lipinski definition) is 2. The number of carbonyl (C=O) groups excluding carboxylic acids is 1. The number of aliphatic hydroxyl groups is 1. The molecule has 2 saturated heterocycles. The SMILES string of the molecule is CC(Nc1cccc(C(=O)N2CCCC(O)C2)c1)C1CCN(C)CC1. The summed E-state index contributed by atoms with van der Waals surface area (Å²) in [7, 11) is 2.18. The van der Waals surface area contributed by atoms with Gasteiger partial charge in [0.2, 0.25) is 0 Å². The van der Waals surface area contributed by atoms with E-state index in [0.717, 1.165) is 38.2 Å². The van der Waals surface area contributed by atoms with Crippen molar-refractivity contribution in [3.05, 3.63) is 29.8 Å². The van der Waals surface area contributed by atoms with E-state index in [1.165, 1.54) is 12.8 Å². The second-order valence-electron chi connectivity index (χ2n) is 7.70. The molecule has 2 unspecified atom stereocenters. The van der Waals surface area contributed by atoms with E-state index in [1.54, 1.807) is 4.90 Å². The van der Waals surface area contributed by atoms with Gasteiger partial charge in [-0.05, 0) is 76.9 Å². The van der Waals surface area contributed by atoms with Gasteiger partial charge in [0.05, 0.1) is 6.10 Å². The molecule has 25 heavy (non-hydrogen) atoms. The Morgan fingerprint density at radius 1 is 1.24 bits per heavy atom. The fraction of sp³-hybridized carbons (Fsp3) is 0.650. The summed E-state index contributed by atoms with van der Waals surface area (Å²) in [6.07, 6.45) is 3.71. The average molecular weight is 345 g/mol. The highest BCUT2D eigenvalue weighted by Crippen LogP contribution is 2.23. The second-order valence-corrected chi connectivity index (χ2v) is 7.70. The molecule has 2 atom stereocenters. The maximum absolute atomic E-state index is 12.7. The topological polar surface area (TPSA) is 55.8 Å². The van der Waals surface area contributed by atoms with Crippen molar-refractivity contribution in [1.29, 1.82) is 0 Å². The third-order valence-electron chi connectivity index (χ3n) is 5.66. The van der Waals surface area contributed by atoms with Crippen LogP contribution in [0, 0.1) is 5.92 Å². The second kappa shape index (κ2) is 8.19. The Labute approximate surface area is 151 Å². The summed E-state index contributed by atoms with van der Waals surface area (Å²) < 4.78 is 0. The summed E-state index contributed by atoms with van der Waals surface area (Å²) in [6.45, 7) is 5.74. The Balaban J connectivity index is 1.62. The molecule has 1 amide bonds. The number of anilines is 1. The van der Waals surface area contributed by atoms with Crippen LogP contribution in [-0.4, -0.2) is 66.2 Å². The van der Waals surface area contributed by atoms with Crippen LogP contribution in [0.4, 0.5) is 5.69 Å². The Morgan fingerprint density at radius 2 is 2.00 bits per heavy atom. The number of aliphatic hydroxyl groups excluding tert-OH is 1. The van der Waals surface area contributed by atoms with Crippen molar-refractivity contribution < 1.29 is 9.90 Å². The molecule has 5 nitrogen and oxygen atoms in total. The molecular weight excluding hydrogens is 314 g/mol. The van der Waals surface area contributed by atoms with Crippen molar-refractivity contribution in [2.75, 3.05) is 38.5 Å². The summed E-state index contributed by atoms with van der Waals surface area (Å²) in [6, 6.07) is 8.20. The van der Waals surface area contributed by atoms with Crippen molar-refractivity contribution in [2.24, 2.45) is 5.92 Å². The molecular formula is C20H31N3O2. The number of likely N-dealkylation sites (tertiary alicyclic amines) is 2. The van der Waals surface area contributed by atoms with Gasteiger partial charge in [0.1, 0.15) is 0 Å². The number of amides is 1. The van der Waals surface area contributed by atoms with Crippen LogP contribution < -0.4 is 5.32 Å². The molecule has 2 fully saturated rings. The lowest BCUT2D eigenvalue weighted by atomic mass is 9.90. The van der Waals surface area contributed by atoms with E-state index < -0.39 is 0 Å². The lowest BCUT2D eigenvalue weighted by Gasteiger charge is -2.33. The molecule has 0 spiro atoms. The number of piperidine rings is 2. The predicted octanol–water partition coefficient (Wildman–Crippen LogP) is 2.43. The van der Waals surface area contributed by atoms with Gasteiger partial charge in [-0.3, -0.25) is 4.79 Å². The number of rotatable bonds is 4. The van der Waals surface area contributed by atoms with Gasteiger partial charge in [0.25, 0.3) is 5.91 Å². The largest absolute Gasteiger partial charge is 0.391 e. The van der Waals surface area contributed by atoms with Crippen LogP contribution >= 0.6 is 0 Å². The lowest BCUT2D eigenvalue weighted by molar-refractivity contribution is 0.0474. The van der Waals surface area contributed by atoms with Gasteiger partial charge < -0.3 is 20.2 Å². The van der Waals surface area contributed by atoms with E-state index in [2.05, 4.69) is 24.2 Å². The van der Waals surface area contributed by atoms with Crippen LogP contribution in [0.2, 0.25) is 0 Å². The Hall–Kier alpha value is -1.59. The molecule has 5 heteroatoms. The fourth-order valence-electron chi connectivity index (χ4n) is 3.97. The summed E-state index contributed by atoms with van der Waals surface area (Å²) in [4.78, 5) is 16.9. The quantitative estimate of drug-likeness (QED) is 0.880. The first-order valence-corrected chi connectivity index (χ1v) is 9.55. The standard InChI is InChI=1S/C20H31N3O2/c1-15(16-8-11-22(2)12-9-16)21-18-6-3-5-17(13-18)20(25)23-10-4-7-19(24)14-23/h3,5-6,13,15-16,19,21,24H,4,7-12,14H2,1-2H3. The zero-order valence-electron chi connectivity index (χ0n) is 15.4. The minimum absolute atomic E-state index is 0.0225. The van der Waals surface area contributed by atoms with Crippen molar-refractivity contribution in [3.63, 3.8) is 0 Å². The first kappa shape index (κ1) is 18.2. The van der Waals surface area contributed by atoms with Gasteiger partial charge in [-0.1, -0.05) is 6.07 Å². The summed E-state index contributed by atoms with van der Waals surface area (Å²) >= 11 is 0. The van der Waals surface area contributed by atoms with Gasteiger partial charge in [-0.2, -0.15) is 0 Å². The number of nitrogens with one attached hydrogen (secondary N) is 1. The normalized spacial score (nSPS) is 24.1. The van der Waals surface area contributed by atoms with Gasteiger partial charge in [0, 0.05) is 30.4 Å². The highest BCUT2D eigenvalue weighted by atomic mass is 16.3. The van der Waals surface area contributed by atoms with Crippen LogP contribution in [-0.2, 0) is 0 Å². The van der Waals surface area contributed by atoms with Crippen LogP contribution in [0.1, 0.15) is 43.0 Å². The van der Waals surface area contributed by atoms with Crippen molar-refractivity contribution in [2.45, 2.75) is 44.8 Å². The molecule has 0 aliphatic carbocycles. The van der Waals surface area contributed by atoms with Gasteiger partial charge in [0.15, 0.2) is 0 Å². The molecule has 138 valence electrons. The van der Waals surface area contributed by atoms with Crippen molar-refractivity contribution in [1.82, 2.24) is 9.80 Å². The molecule has 2 heterocycles. The molecule has 0 bridgehead atoms. The van der Waals surface area contributed by atoms with E-state index in [-0.39, 0.29) is 12.0 Å². The zero-order chi connectivity index (χ0) is 17.8. The first-order chi connectivity index (χ1) is 12.0. The van der Waals surface area contributed by atoms with Crippen LogP contribution in [0.5, 0.6) is 0 Å². The molecule has 1 aromatic rings. The van der Waals surface area contributed by atoms with E-state index in [4.69, 9.17) is 0 Å². The van der Waals surface area contributed by atoms with Crippen LogP contribution in [0.3, 0.4) is 0 Å². The van der Waals surface area contributed by atoms with E-state index >= 15 is 0 Å². The third kappa shape index (κ3) is 4.73. The van der Waals surface area contributed by atoms with Crippen LogP contribution in [0.15, 0.2) is 24.3 Å². The number of β-amino-alcohol motifs (C(OH)–C–C–N with tert-alkyl or cyclic N) is 1. The zero-order valence-corrected chi connectivity index (χ0v) is 15.4. The maximum atomic E-state index is 12.7.